The summed E-state index contributed by atoms with van der Waals surface area (Å²) >= 11 is 31.2. The third-order valence-corrected chi connectivity index (χ3v) is 7.32. The van der Waals surface area contributed by atoms with E-state index in [0.29, 0.717) is 10.6 Å². The Morgan fingerprint density at radius 2 is 1.74 bits per heavy atom. The van der Waals surface area contributed by atoms with Crippen LogP contribution in [0.25, 0.3) is 0 Å². The molecule has 2 fully saturated rings. The number of benzene rings is 2. The molecule has 4 rings (SSSR count). The van der Waals surface area contributed by atoms with Gasteiger partial charge in [-0.15, -0.1) is 0 Å². The maximum absolute atomic E-state index is 13.4. The summed E-state index contributed by atoms with van der Waals surface area (Å²) in [5.41, 5.74) is -0.299. The topological polar surface area (TPSA) is 52.4 Å². The molecule has 2 aliphatic heterocycles. The van der Waals surface area contributed by atoms with Gasteiger partial charge in [-0.1, -0.05) is 68.7 Å². The van der Waals surface area contributed by atoms with Crippen molar-refractivity contribution in [3.05, 3.63) is 57.6 Å². The Morgan fingerprint density at radius 3 is 2.32 bits per heavy atom. The molecule has 4 atom stereocenters. The molecule has 0 aliphatic carbocycles. The average Bonchev–Trinajstić information content (AvgIpc) is 3.39. The van der Waals surface area contributed by atoms with Gasteiger partial charge in [-0.3, -0.25) is 4.79 Å². The Kier molecular flexibility index (Phi) is 6.25. The molecule has 0 radical (unpaired) electrons. The minimum atomic E-state index is -4.68. The number of carbonyl (C=O) groups is 2. The summed E-state index contributed by atoms with van der Waals surface area (Å²) in [6, 6.07) is 6.37. The summed E-state index contributed by atoms with van der Waals surface area (Å²) in [5.74, 6) is -0.665. The number of hydrogen-bond donors (Lipinski definition) is 1. The van der Waals surface area contributed by atoms with E-state index in [-0.39, 0.29) is 16.4 Å². The van der Waals surface area contributed by atoms with Gasteiger partial charge in [0, 0.05) is 24.2 Å². The molecule has 14 heteroatoms. The van der Waals surface area contributed by atoms with Crippen molar-refractivity contribution in [1.29, 1.82) is 0 Å². The number of carbonyl (C=O) groups excluding carboxylic acids is 2. The number of quaternary nitrogens is 1. The van der Waals surface area contributed by atoms with Crippen molar-refractivity contribution in [3.8, 4) is 0 Å². The van der Waals surface area contributed by atoms with E-state index >= 15 is 0 Å². The van der Waals surface area contributed by atoms with Gasteiger partial charge in [-0.05, 0) is 35.7 Å². The van der Waals surface area contributed by atoms with Crippen molar-refractivity contribution in [1.82, 2.24) is 14.5 Å². The van der Waals surface area contributed by atoms with E-state index in [2.05, 4.69) is 5.32 Å². The number of hydrogen-bond acceptors (Lipinski definition) is 4. The number of amides is 3. The molecule has 3 amide bonds. The minimum Gasteiger partial charge on any atom is -0.361 e. The number of urea groups is 1. The van der Waals surface area contributed by atoms with Gasteiger partial charge >= 0.3 is 24.3 Å². The van der Waals surface area contributed by atoms with Crippen LogP contribution in [-0.4, -0.2) is 45.0 Å². The van der Waals surface area contributed by atoms with Gasteiger partial charge in [0.2, 0.25) is 3.79 Å². The summed E-state index contributed by atoms with van der Waals surface area (Å²) in [4.78, 5) is 27.0. The molecule has 2 saturated heterocycles. The fourth-order valence-electron chi connectivity index (χ4n) is 4.07. The standard InChI is InChI=1S/C20H15Cl5F3N4O2/c1-9-12(21)6-7-13(14(9)22)29-17(19(23,24)25)31-15-16(33)30(2)18(34)32(15,31)11-5-3-4-10(8-11)20(26,27)28/h3-8,15,17,29H,1-2H3/q+1. The molecule has 182 valence electrons. The van der Waals surface area contributed by atoms with Crippen molar-refractivity contribution < 1.29 is 22.8 Å². The molecule has 2 aromatic carbocycles. The number of imide groups is 1. The Hall–Kier alpha value is -1.46. The minimum absolute atomic E-state index is 0.109. The van der Waals surface area contributed by atoms with Crippen LogP contribution in [0, 0.1) is 6.92 Å². The fraction of sp³-hybridized carbons (Fsp3) is 0.300. The highest BCUT2D eigenvalue weighted by Crippen LogP contribution is 2.55. The molecule has 0 spiro atoms. The van der Waals surface area contributed by atoms with Crippen LogP contribution in [-0.2, 0) is 11.0 Å². The number of halogens is 8. The van der Waals surface area contributed by atoms with Crippen LogP contribution < -0.4 is 9.91 Å². The molecule has 0 saturated carbocycles. The average molecular weight is 578 g/mol. The number of fused-ring (bicyclic) bond motifs is 1. The molecular weight excluding hydrogens is 563 g/mol. The van der Waals surface area contributed by atoms with Gasteiger partial charge in [0.15, 0.2) is 11.9 Å². The lowest BCUT2D eigenvalue weighted by Crippen LogP contribution is -2.53. The molecule has 0 bridgehead atoms. The molecule has 2 aliphatic rings. The van der Waals surface area contributed by atoms with Crippen molar-refractivity contribution in [2.24, 2.45) is 0 Å². The molecule has 0 aromatic heterocycles. The van der Waals surface area contributed by atoms with Gasteiger partial charge in [0.1, 0.15) is 0 Å². The van der Waals surface area contributed by atoms with Gasteiger partial charge in [0.05, 0.1) is 16.3 Å². The lowest BCUT2D eigenvalue weighted by Gasteiger charge is -2.29. The summed E-state index contributed by atoms with van der Waals surface area (Å²) in [5, 5.41) is 4.71. The first-order valence-electron chi connectivity index (χ1n) is 9.58. The van der Waals surface area contributed by atoms with E-state index in [1.165, 1.54) is 24.2 Å². The lowest BCUT2D eigenvalue weighted by molar-refractivity contribution is -0.137. The third-order valence-electron chi connectivity index (χ3n) is 5.80. The van der Waals surface area contributed by atoms with Crippen LogP contribution in [0.2, 0.25) is 10.0 Å². The Bertz CT molecular complexity index is 1210. The van der Waals surface area contributed by atoms with E-state index < -0.39 is 44.4 Å². The lowest BCUT2D eigenvalue weighted by atomic mass is 10.2. The van der Waals surface area contributed by atoms with Gasteiger partial charge in [-0.2, -0.15) is 13.2 Å². The summed E-state index contributed by atoms with van der Waals surface area (Å²) < 4.78 is 37.2. The molecule has 6 nitrogen and oxygen atoms in total. The van der Waals surface area contributed by atoms with Crippen LogP contribution in [0.3, 0.4) is 0 Å². The molecular formula is C20H15Cl5F3N4O2+. The Labute approximate surface area is 217 Å². The number of nitrogens with zero attached hydrogens (tertiary/aromatic N) is 3. The maximum atomic E-state index is 13.4. The van der Waals surface area contributed by atoms with Crippen LogP contribution in [0.1, 0.15) is 11.1 Å². The number of nitrogens with one attached hydrogen (secondary N) is 1. The predicted octanol–water partition coefficient (Wildman–Crippen LogP) is 6.59. The first-order valence-corrected chi connectivity index (χ1v) is 11.5. The Morgan fingerprint density at radius 1 is 1.09 bits per heavy atom. The molecule has 2 heterocycles. The van der Waals surface area contributed by atoms with E-state index in [0.717, 1.165) is 23.1 Å². The normalized spacial score (nSPS) is 25.4. The number of anilines is 1. The van der Waals surface area contributed by atoms with E-state index in [4.69, 9.17) is 58.0 Å². The number of rotatable bonds is 4. The summed E-state index contributed by atoms with van der Waals surface area (Å²) in [7, 11) is 1.24. The van der Waals surface area contributed by atoms with Crippen LogP contribution in [0.15, 0.2) is 36.4 Å². The molecule has 34 heavy (non-hydrogen) atoms. The largest absolute Gasteiger partial charge is 0.452 e. The highest BCUT2D eigenvalue weighted by atomic mass is 35.6. The van der Waals surface area contributed by atoms with Crippen molar-refractivity contribution in [2.45, 2.75) is 29.2 Å². The second kappa shape index (κ2) is 8.30. The SMILES string of the molecule is Cc1c(Cl)ccc(NC(N2C3C(=O)N(C)C(=O)[N+]32c2cccc(C(F)(F)F)c2)C(Cl)(Cl)Cl)c1Cl. The monoisotopic (exact) mass is 575 g/mol. The summed E-state index contributed by atoms with van der Waals surface area (Å²) in [6.45, 7) is 1.66. The van der Waals surface area contributed by atoms with Crippen LogP contribution >= 0.6 is 58.0 Å². The van der Waals surface area contributed by atoms with Gasteiger partial charge < -0.3 is 5.32 Å². The maximum Gasteiger partial charge on any atom is 0.452 e. The molecule has 2 aromatic rings. The quantitative estimate of drug-likeness (QED) is 0.193. The van der Waals surface area contributed by atoms with E-state index in [9.17, 15) is 22.8 Å². The zero-order valence-corrected chi connectivity index (χ0v) is 21.1. The Balaban J connectivity index is 1.84. The van der Waals surface area contributed by atoms with Crippen molar-refractivity contribution in [2.75, 3.05) is 12.4 Å². The summed E-state index contributed by atoms with van der Waals surface area (Å²) in [6.07, 6.45) is -7.28. The van der Waals surface area contributed by atoms with Crippen molar-refractivity contribution in [3.63, 3.8) is 0 Å². The first-order chi connectivity index (χ1) is 15.6. The highest BCUT2D eigenvalue weighted by Gasteiger charge is 2.86. The number of alkyl halides is 6. The number of likely N-dealkylation sites (N-methyl/N-ethyl adjacent to an activating group) is 1. The van der Waals surface area contributed by atoms with E-state index in [1.807, 2.05) is 0 Å². The smallest absolute Gasteiger partial charge is 0.361 e. The molecule has 1 N–H and O–H groups in total. The van der Waals surface area contributed by atoms with Crippen molar-refractivity contribution >= 4 is 81.3 Å². The van der Waals surface area contributed by atoms with E-state index in [1.54, 1.807) is 13.0 Å². The third kappa shape index (κ3) is 3.82. The second-order valence-corrected chi connectivity index (χ2v) is 10.9. The zero-order chi connectivity index (χ0) is 25.4. The van der Waals surface area contributed by atoms with Crippen LogP contribution in [0.5, 0.6) is 0 Å². The second-order valence-electron chi connectivity index (χ2n) is 7.79. The zero-order valence-electron chi connectivity index (χ0n) is 17.3. The van der Waals surface area contributed by atoms with Gasteiger partial charge in [0.25, 0.3) is 0 Å². The predicted molar refractivity (Wildman–Crippen MR) is 126 cm³/mol. The van der Waals surface area contributed by atoms with Crippen LogP contribution in [0.4, 0.5) is 29.3 Å². The highest BCUT2D eigenvalue weighted by molar-refractivity contribution is 6.68. The fourth-order valence-corrected chi connectivity index (χ4v) is 4.95. The van der Waals surface area contributed by atoms with Gasteiger partial charge in [-0.25, -0.2) is 9.69 Å². The first kappa shape index (κ1) is 25.6. The molecule has 4 unspecified atom stereocenters.